The minimum atomic E-state index is -0.196. The molecule has 0 saturated carbocycles. The standard InChI is InChI=1S/C12H21NOS/c1-12(2,3)11(14)9-6-8-4-5-15-7-10(8)13-9/h8-10,13H,4-7H2,1-3H3. The Hall–Kier alpha value is -0.0200. The van der Waals surface area contributed by atoms with Gasteiger partial charge in [-0.1, -0.05) is 20.8 Å². The number of hydrogen-bond acceptors (Lipinski definition) is 3. The van der Waals surface area contributed by atoms with Gasteiger partial charge in [0.05, 0.1) is 6.04 Å². The Labute approximate surface area is 96.6 Å². The third-order valence-electron chi connectivity index (χ3n) is 3.51. The second-order valence-electron chi connectivity index (χ2n) is 5.80. The average Bonchev–Trinajstić information content (AvgIpc) is 2.58. The van der Waals surface area contributed by atoms with Crippen LogP contribution in [0.1, 0.15) is 33.6 Å². The molecule has 2 heterocycles. The first-order chi connectivity index (χ1) is 6.98. The van der Waals surface area contributed by atoms with Crippen molar-refractivity contribution in [3.8, 4) is 0 Å². The van der Waals surface area contributed by atoms with Crippen LogP contribution in [-0.2, 0) is 4.79 Å². The van der Waals surface area contributed by atoms with Crippen molar-refractivity contribution in [3.63, 3.8) is 0 Å². The van der Waals surface area contributed by atoms with Crippen molar-refractivity contribution in [3.05, 3.63) is 0 Å². The highest BCUT2D eigenvalue weighted by Crippen LogP contribution is 2.34. The Morgan fingerprint density at radius 3 is 2.73 bits per heavy atom. The second kappa shape index (κ2) is 4.10. The van der Waals surface area contributed by atoms with Gasteiger partial charge >= 0.3 is 0 Å². The first kappa shape index (κ1) is 11.5. The molecular weight excluding hydrogens is 206 g/mol. The summed E-state index contributed by atoms with van der Waals surface area (Å²) in [5.74, 6) is 3.61. The smallest absolute Gasteiger partial charge is 0.155 e. The van der Waals surface area contributed by atoms with E-state index >= 15 is 0 Å². The van der Waals surface area contributed by atoms with Gasteiger partial charge < -0.3 is 5.32 Å². The Balaban J connectivity index is 2.00. The molecule has 3 heteroatoms. The van der Waals surface area contributed by atoms with Gasteiger partial charge in [-0.05, 0) is 24.5 Å². The van der Waals surface area contributed by atoms with Gasteiger partial charge in [-0.3, -0.25) is 4.79 Å². The summed E-state index contributed by atoms with van der Waals surface area (Å²) in [4.78, 5) is 12.1. The van der Waals surface area contributed by atoms with Gasteiger partial charge in [0, 0.05) is 17.2 Å². The van der Waals surface area contributed by atoms with Crippen molar-refractivity contribution in [1.29, 1.82) is 0 Å². The molecule has 2 rings (SSSR count). The second-order valence-corrected chi connectivity index (χ2v) is 6.95. The molecule has 0 bridgehead atoms. The molecule has 3 atom stereocenters. The van der Waals surface area contributed by atoms with Crippen molar-refractivity contribution in [1.82, 2.24) is 5.32 Å². The van der Waals surface area contributed by atoms with E-state index in [0.717, 1.165) is 12.3 Å². The summed E-state index contributed by atoms with van der Waals surface area (Å²) in [7, 11) is 0. The third-order valence-corrected chi connectivity index (χ3v) is 4.63. The number of carbonyl (C=O) groups is 1. The van der Waals surface area contributed by atoms with Crippen LogP contribution < -0.4 is 5.32 Å². The molecule has 2 nitrogen and oxygen atoms in total. The van der Waals surface area contributed by atoms with Gasteiger partial charge in [-0.15, -0.1) is 0 Å². The van der Waals surface area contributed by atoms with E-state index in [2.05, 4.69) is 5.32 Å². The molecule has 0 amide bonds. The van der Waals surface area contributed by atoms with Gasteiger partial charge in [0.1, 0.15) is 0 Å². The molecule has 0 aliphatic carbocycles. The molecule has 0 radical (unpaired) electrons. The maximum absolute atomic E-state index is 12.1. The molecule has 0 aromatic heterocycles. The van der Waals surface area contributed by atoms with Gasteiger partial charge in [0.2, 0.25) is 0 Å². The van der Waals surface area contributed by atoms with E-state index in [9.17, 15) is 4.79 Å². The largest absolute Gasteiger partial charge is 0.304 e. The third kappa shape index (κ3) is 2.39. The Kier molecular flexibility index (Phi) is 3.13. The molecule has 0 aromatic carbocycles. The number of ketones is 1. The van der Waals surface area contributed by atoms with Crippen LogP contribution in [0.2, 0.25) is 0 Å². The molecular formula is C12H21NOS. The van der Waals surface area contributed by atoms with E-state index < -0.39 is 0 Å². The van der Waals surface area contributed by atoms with Crippen LogP contribution >= 0.6 is 11.8 Å². The topological polar surface area (TPSA) is 29.1 Å². The zero-order chi connectivity index (χ0) is 11.1. The predicted octanol–water partition coefficient (Wildman–Crippen LogP) is 2.09. The SMILES string of the molecule is CC(C)(C)C(=O)C1CC2CCSCC2N1. The maximum atomic E-state index is 12.1. The molecule has 2 aliphatic rings. The van der Waals surface area contributed by atoms with Crippen molar-refractivity contribution < 1.29 is 4.79 Å². The van der Waals surface area contributed by atoms with Gasteiger partial charge in [0.15, 0.2) is 5.78 Å². The van der Waals surface area contributed by atoms with E-state index in [1.165, 1.54) is 17.9 Å². The fraction of sp³-hybridized carbons (Fsp3) is 0.917. The lowest BCUT2D eigenvalue weighted by Gasteiger charge is -2.24. The number of nitrogens with one attached hydrogen (secondary N) is 1. The van der Waals surface area contributed by atoms with Crippen LogP contribution in [0.15, 0.2) is 0 Å². The van der Waals surface area contributed by atoms with E-state index in [0.29, 0.717) is 11.8 Å². The Bertz CT molecular complexity index is 245. The molecule has 2 fully saturated rings. The molecule has 1 N–H and O–H groups in total. The number of fused-ring (bicyclic) bond motifs is 1. The van der Waals surface area contributed by atoms with E-state index in [4.69, 9.17) is 0 Å². The Morgan fingerprint density at radius 1 is 1.40 bits per heavy atom. The number of thioether (sulfide) groups is 1. The van der Waals surface area contributed by atoms with Crippen LogP contribution in [-0.4, -0.2) is 29.4 Å². The molecule has 2 aliphatic heterocycles. The van der Waals surface area contributed by atoms with Crippen molar-refractivity contribution in [2.75, 3.05) is 11.5 Å². The first-order valence-electron chi connectivity index (χ1n) is 5.86. The van der Waals surface area contributed by atoms with Gasteiger partial charge in [-0.2, -0.15) is 11.8 Å². The fourth-order valence-corrected chi connectivity index (χ4v) is 3.84. The summed E-state index contributed by atoms with van der Waals surface area (Å²) in [6.45, 7) is 6.06. The zero-order valence-corrected chi connectivity index (χ0v) is 10.7. The van der Waals surface area contributed by atoms with Crippen molar-refractivity contribution in [2.45, 2.75) is 45.7 Å². The highest BCUT2D eigenvalue weighted by atomic mass is 32.2. The lowest BCUT2D eigenvalue weighted by Crippen LogP contribution is -2.42. The summed E-state index contributed by atoms with van der Waals surface area (Å²) in [6, 6.07) is 0.721. The van der Waals surface area contributed by atoms with Crippen molar-refractivity contribution in [2.24, 2.45) is 11.3 Å². The van der Waals surface area contributed by atoms with Crippen LogP contribution in [0.5, 0.6) is 0 Å². The van der Waals surface area contributed by atoms with E-state index in [1.807, 2.05) is 32.5 Å². The quantitative estimate of drug-likeness (QED) is 0.743. The molecule has 3 unspecified atom stereocenters. The van der Waals surface area contributed by atoms with Gasteiger partial charge in [0.25, 0.3) is 0 Å². The summed E-state index contributed by atoms with van der Waals surface area (Å²) in [6.07, 6.45) is 2.36. The minimum absolute atomic E-state index is 0.124. The van der Waals surface area contributed by atoms with Gasteiger partial charge in [-0.25, -0.2) is 0 Å². The summed E-state index contributed by atoms with van der Waals surface area (Å²) in [5, 5.41) is 3.53. The first-order valence-corrected chi connectivity index (χ1v) is 7.02. The van der Waals surface area contributed by atoms with E-state index in [1.54, 1.807) is 0 Å². The molecule has 0 spiro atoms. The number of carbonyl (C=O) groups excluding carboxylic acids is 1. The molecule has 86 valence electrons. The lowest BCUT2D eigenvalue weighted by atomic mass is 9.84. The van der Waals surface area contributed by atoms with Crippen molar-refractivity contribution >= 4 is 17.5 Å². The molecule has 2 saturated heterocycles. The monoisotopic (exact) mass is 227 g/mol. The number of Topliss-reactive ketones (excluding diaryl/α,β-unsaturated/α-hetero) is 1. The van der Waals surface area contributed by atoms with E-state index in [-0.39, 0.29) is 11.5 Å². The minimum Gasteiger partial charge on any atom is -0.304 e. The number of rotatable bonds is 1. The van der Waals surface area contributed by atoms with Crippen LogP contribution in [0.4, 0.5) is 0 Å². The molecule has 0 aromatic rings. The zero-order valence-electron chi connectivity index (χ0n) is 9.88. The highest BCUT2D eigenvalue weighted by Gasteiger charge is 2.41. The summed E-state index contributed by atoms with van der Waals surface area (Å²) >= 11 is 2.02. The summed E-state index contributed by atoms with van der Waals surface area (Å²) < 4.78 is 0. The van der Waals surface area contributed by atoms with Crippen LogP contribution in [0.3, 0.4) is 0 Å². The normalized spacial score (nSPS) is 36.3. The molecule has 15 heavy (non-hydrogen) atoms. The highest BCUT2D eigenvalue weighted by molar-refractivity contribution is 7.99. The van der Waals surface area contributed by atoms with Crippen LogP contribution in [0.25, 0.3) is 0 Å². The fourth-order valence-electron chi connectivity index (χ4n) is 2.58. The average molecular weight is 227 g/mol. The predicted molar refractivity (Wildman–Crippen MR) is 65.2 cm³/mol. The number of hydrogen-bond donors (Lipinski definition) is 1. The summed E-state index contributed by atoms with van der Waals surface area (Å²) in [5.41, 5.74) is -0.196. The maximum Gasteiger partial charge on any atom is 0.155 e. The van der Waals surface area contributed by atoms with Crippen LogP contribution in [0, 0.1) is 11.3 Å². The Morgan fingerprint density at radius 2 is 2.13 bits per heavy atom. The lowest BCUT2D eigenvalue weighted by molar-refractivity contribution is -0.128.